The standard InChI is InChI=1S/C16H17ClN2O5Se/c17-10-1-3-11(4-2-10)25-8-9-6-19(16(23)18-15(9)22)14-5-12(21)13(7-20)24-14/h1-4,6,12-14,20-21H,5,7-8H2,(H,18,22,23)/t12-,13+,14+/m0/s1. The molecule has 0 radical (unpaired) electrons. The number of ether oxygens (including phenoxy) is 1. The summed E-state index contributed by atoms with van der Waals surface area (Å²) in [6, 6.07) is 7.42. The summed E-state index contributed by atoms with van der Waals surface area (Å²) in [5.41, 5.74) is -0.544. The molecule has 1 saturated heterocycles. The van der Waals surface area contributed by atoms with E-state index in [2.05, 4.69) is 4.98 Å². The van der Waals surface area contributed by atoms with Crippen LogP contribution in [-0.4, -0.2) is 53.5 Å². The molecule has 1 aromatic heterocycles. The predicted octanol–water partition coefficient (Wildman–Crippen LogP) is -0.640. The first-order valence-corrected chi connectivity index (χ1v) is 10.1. The van der Waals surface area contributed by atoms with Crippen LogP contribution in [0.1, 0.15) is 18.2 Å². The van der Waals surface area contributed by atoms with E-state index in [0.29, 0.717) is 15.9 Å². The van der Waals surface area contributed by atoms with E-state index in [0.717, 1.165) is 4.46 Å². The normalized spacial score (nSPS) is 23.1. The second-order valence-corrected chi connectivity index (χ2v) is 8.32. The summed E-state index contributed by atoms with van der Waals surface area (Å²) in [5.74, 6) is 0. The number of aliphatic hydroxyl groups excluding tert-OH is 2. The maximum absolute atomic E-state index is 12.1. The average Bonchev–Trinajstić information content (AvgIpc) is 2.96. The molecule has 0 amide bonds. The van der Waals surface area contributed by atoms with E-state index < -0.39 is 29.7 Å². The molecule has 134 valence electrons. The Kier molecular flexibility index (Phi) is 5.78. The second kappa shape index (κ2) is 7.86. The predicted molar refractivity (Wildman–Crippen MR) is 93.5 cm³/mol. The molecule has 1 fully saturated rings. The number of nitrogens with one attached hydrogen (secondary N) is 1. The zero-order chi connectivity index (χ0) is 18.0. The molecule has 25 heavy (non-hydrogen) atoms. The molecule has 7 nitrogen and oxygen atoms in total. The van der Waals surface area contributed by atoms with Crippen LogP contribution >= 0.6 is 11.6 Å². The van der Waals surface area contributed by atoms with Gasteiger partial charge in [-0.1, -0.05) is 0 Å². The zero-order valence-electron chi connectivity index (χ0n) is 13.1. The summed E-state index contributed by atoms with van der Waals surface area (Å²) in [4.78, 5) is 26.4. The minimum atomic E-state index is -0.851. The molecule has 3 N–H and O–H groups in total. The van der Waals surface area contributed by atoms with Crippen LogP contribution in [0.3, 0.4) is 0 Å². The third-order valence-electron chi connectivity index (χ3n) is 3.94. The van der Waals surface area contributed by atoms with Crippen molar-refractivity contribution in [1.29, 1.82) is 0 Å². The van der Waals surface area contributed by atoms with Crippen molar-refractivity contribution in [3.05, 3.63) is 61.9 Å². The SMILES string of the molecule is O=c1[nH]c(=O)n([C@H]2C[C@H](O)[C@@H](CO)O2)cc1C[Se]c1ccc(Cl)cc1. The number of benzene rings is 1. The fourth-order valence-corrected chi connectivity index (χ4v) is 4.51. The Balaban J connectivity index is 1.80. The molecule has 0 bridgehead atoms. The zero-order valence-corrected chi connectivity index (χ0v) is 15.6. The first-order chi connectivity index (χ1) is 12.0. The first-order valence-electron chi connectivity index (χ1n) is 7.65. The number of hydrogen-bond donors (Lipinski definition) is 3. The Morgan fingerprint density at radius 3 is 2.68 bits per heavy atom. The molecular formula is C16H17ClN2O5Se. The van der Waals surface area contributed by atoms with Crippen molar-refractivity contribution >= 4 is 31.0 Å². The minimum absolute atomic E-state index is 0.00347. The van der Waals surface area contributed by atoms with E-state index >= 15 is 0 Å². The van der Waals surface area contributed by atoms with Crippen molar-refractivity contribution < 1.29 is 14.9 Å². The van der Waals surface area contributed by atoms with Crippen LogP contribution in [0.4, 0.5) is 0 Å². The summed E-state index contributed by atoms with van der Waals surface area (Å²) in [7, 11) is 0. The van der Waals surface area contributed by atoms with Gasteiger partial charge in [-0.2, -0.15) is 0 Å². The van der Waals surface area contributed by atoms with Crippen LogP contribution < -0.4 is 15.7 Å². The van der Waals surface area contributed by atoms with Gasteiger partial charge in [-0.15, -0.1) is 0 Å². The van der Waals surface area contributed by atoms with Gasteiger partial charge in [-0.25, -0.2) is 0 Å². The topological polar surface area (TPSA) is 105 Å². The van der Waals surface area contributed by atoms with E-state index in [9.17, 15) is 14.7 Å². The van der Waals surface area contributed by atoms with Gasteiger partial charge in [-0.3, -0.25) is 0 Å². The summed E-state index contributed by atoms with van der Waals surface area (Å²) >= 11 is 5.87. The summed E-state index contributed by atoms with van der Waals surface area (Å²) in [6.45, 7) is -0.331. The molecular weight excluding hydrogens is 415 g/mol. The van der Waals surface area contributed by atoms with E-state index in [-0.39, 0.29) is 28.0 Å². The fourth-order valence-electron chi connectivity index (χ4n) is 2.59. The fraction of sp³-hybridized carbons (Fsp3) is 0.375. The number of nitrogens with zero attached hydrogens (tertiary/aromatic N) is 1. The van der Waals surface area contributed by atoms with Gasteiger partial charge in [0.15, 0.2) is 0 Å². The molecule has 2 heterocycles. The molecule has 1 aliphatic heterocycles. The third-order valence-corrected chi connectivity index (χ3v) is 6.42. The van der Waals surface area contributed by atoms with Gasteiger partial charge < -0.3 is 0 Å². The van der Waals surface area contributed by atoms with Crippen LogP contribution in [0, 0.1) is 0 Å². The summed E-state index contributed by atoms with van der Waals surface area (Å²) in [5, 5.41) is 20.1. The van der Waals surface area contributed by atoms with Crippen LogP contribution in [0.5, 0.6) is 0 Å². The van der Waals surface area contributed by atoms with Crippen molar-refractivity contribution in [2.75, 3.05) is 6.61 Å². The average molecular weight is 432 g/mol. The van der Waals surface area contributed by atoms with Crippen LogP contribution in [0.25, 0.3) is 0 Å². The monoisotopic (exact) mass is 432 g/mol. The van der Waals surface area contributed by atoms with Crippen LogP contribution in [0.2, 0.25) is 5.02 Å². The summed E-state index contributed by atoms with van der Waals surface area (Å²) < 4.78 is 7.85. The van der Waals surface area contributed by atoms with Crippen LogP contribution in [-0.2, 0) is 10.1 Å². The van der Waals surface area contributed by atoms with Gasteiger partial charge in [0.2, 0.25) is 0 Å². The molecule has 1 aliphatic rings. The van der Waals surface area contributed by atoms with E-state index in [1.165, 1.54) is 10.8 Å². The van der Waals surface area contributed by atoms with Gasteiger partial charge in [0.1, 0.15) is 0 Å². The molecule has 9 heteroatoms. The number of rotatable bonds is 5. The first kappa shape index (κ1) is 18.4. The molecule has 1 aromatic carbocycles. The third kappa shape index (κ3) is 4.23. The van der Waals surface area contributed by atoms with Crippen molar-refractivity contribution in [3.63, 3.8) is 0 Å². The Bertz CT molecular complexity index is 851. The van der Waals surface area contributed by atoms with Gasteiger partial charge in [0, 0.05) is 0 Å². The maximum atomic E-state index is 12.1. The molecule has 3 atom stereocenters. The van der Waals surface area contributed by atoms with Gasteiger partial charge in [-0.05, 0) is 0 Å². The Morgan fingerprint density at radius 2 is 2.04 bits per heavy atom. The van der Waals surface area contributed by atoms with Gasteiger partial charge >= 0.3 is 154 Å². The second-order valence-electron chi connectivity index (χ2n) is 5.68. The molecule has 0 aliphatic carbocycles. The Hall–Kier alpha value is -1.41. The van der Waals surface area contributed by atoms with Crippen molar-refractivity contribution in [2.24, 2.45) is 0 Å². The van der Waals surface area contributed by atoms with Crippen molar-refractivity contribution in [3.8, 4) is 0 Å². The molecule has 2 aromatic rings. The molecule has 0 spiro atoms. The number of aliphatic hydroxyl groups is 2. The van der Waals surface area contributed by atoms with Gasteiger partial charge in [0.25, 0.3) is 0 Å². The summed E-state index contributed by atoms with van der Waals surface area (Å²) in [6.07, 6.45) is -0.631. The quantitative estimate of drug-likeness (QED) is 0.546. The number of H-pyrrole nitrogens is 1. The Morgan fingerprint density at radius 1 is 1.32 bits per heavy atom. The van der Waals surface area contributed by atoms with Crippen LogP contribution in [0.15, 0.2) is 40.1 Å². The molecule has 0 saturated carbocycles. The van der Waals surface area contributed by atoms with E-state index in [1.807, 2.05) is 12.1 Å². The number of aromatic nitrogens is 2. The van der Waals surface area contributed by atoms with Gasteiger partial charge in [0.05, 0.1) is 0 Å². The Labute approximate surface area is 154 Å². The van der Waals surface area contributed by atoms with E-state index in [1.54, 1.807) is 12.1 Å². The number of hydrogen-bond acceptors (Lipinski definition) is 5. The van der Waals surface area contributed by atoms with Crippen molar-refractivity contribution in [2.45, 2.75) is 30.2 Å². The van der Waals surface area contributed by atoms with Crippen molar-refractivity contribution in [1.82, 2.24) is 9.55 Å². The molecule has 3 rings (SSSR count). The number of aromatic amines is 1. The number of halogens is 1. The molecule has 0 unspecified atom stereocenters. The van der Waals surface area contributed by atoms with E-state index in [4.69, 9.17) is 21.4 Å².